The lowest BCUT2D eigenvalue weighted by atomic mass is 10.1. The van der Waals surface area contributed by atoms with E-state index in [1.165, 1.54) is 135 Å². The Hall–Kier alpha value is -4.45. The molecule has 1 unspecified atom stereocenters. The van der Waals surface area contributed by atoms with Crippen LogP contribution in [0.1, 0.15) is 316 Å². The predicted molar refractivity (Wildman–Crippen MR) is 362 cm³/mol. The van der Waals surface area contributed by atoms with E-state index in [1.807, 2.05) is 0 Å². The van der Waals surface area contributed by atoms with Crippen LogP contribution in [0.2, 0.25) is 0 Å². The molecule has 6 nitrogen and oxygen atoms in total. The first-order valence-corrected chi connectivity index (χ1v) is 34.7. The molecular weight excluding hydrogens is 1020 g/mol. The lowest BCUT2D eigenvalue weighted by Crippen LogP contribution is -2.30. The molecule has 472 valence electrons. The van der Waals surface area contributed by atoms with Gasteiger partial charge in [0.25, 0.3) is 0 Å². The summed E-state index contributed by atoms with van der Waals surface area (Å²) in [5.41, 5.74) is 0. The van der Waals surface area contributed by atoms with Crippen molar-refractivity contribution in [1.82, 2.24) is 0 Å². The molecule has 0 saturated heterocycles. The molecule has 0 amide bonds. The van der Waals surface area contributed by atoms with E-state index >= 15 is 0 Å². The molecule has 6 heteroatoms. The van der Waals surface area contributed by atoms with E-state index in [2.05, 4.69) is 154 Å². The van der Waals surface area contributed by atoms with Gasteiger partial charge in [0.05, 0.1) is 0 Å². The fourth-order valence-corrected chi connectivity index (χ4v) is 9.49. The Bertz CT molecular complexity index is 1750. The average Bonchev–Trinajstić information content (AvgIpc) is 3.49. The van der Waals surface area contributed by atoms with Gasteiger partial charge in [0, 0.05) is 19.3 Å². The van der Waals surface area contributed by atoms with Crippen LogP contribution >= 0.6 is 0 Å². The van der Waals surface area contributed by atoms with Gasteiger partial charge in [-0.05, 0) is 135 Å². The highest BCUT2D eigenvalue weighted by molar-refractivity contribution is 5.71. The highest BCUT2D eigenvalue weighted by Crippen LogP contribution is 2.16. The van der Waals surface area contributed by atoms with E-state index in [9.17, 15) is 14.4 Å². The third-order valence-electron chi connectivity index (χ3n) is 14.6. The standard InChI is InChI=1S/C77H128O6/c1-4-7-10-13-16-19-22-25-28-31-34-36-38-40-43-46-49-52-55-58-61-64-67-70-76(79)82-73-74(72-81-75(78)69-66-63-60-57-54-51-48-45-42-33-30-27-24-21-18-15-12-9-6-3)83-77(80)71-68-65-62-59-56-53-50-47-44-41-39-37-35-32-29-26-23-20-17-14-11-8-5-2/h7,9-10,12,16,18-19,21,23,25-28,30,32,34-36,39,41-42,45,74H,4-6,8,11,13-15,17,20,22,24,29,31,33,37-38,40,43-44,46-73H2,1-3H3/b10-7-,12-9-,19-16-,21-18-,26-23-,28-25-,30-27-,35-32-,36-34-,41-39-,45-42-. The quantitative estimate of drug-likeness (QED) is 0.0261. The Morgan fingerprint density at radius 2 is 0.470 bits per heavy atom. The third kappa shape index (κ3) is 68.2. The van der Waals surface area contributed by atoms with Gasteiger partial charge >= 0.3 is 17.9 Å². The van der Waals surface area contributed by atoms with Gasteiger partial charge in [0.15, 0.2) is 6.10 Å². The first kappa shape index (κ1) is 78.5. The number of carbonyl (C=O) groups excluding carboxylic acids is 3. The molecule has 0 bridgehead atoms. The zero-order chi connectivity index (χ0) is 59.9. The molecule has 0 aromatic carbocycles. The van der Waals surface area contributed by atoms with Crippen molar-refractivity contribution in [3.63, 3.8) is 0 Å². The molecule has 83 heavy (non-hydrogen) atoms. The molecule has 0 N–H and O–H groups in total. The topological polar surface area (TPSA) is 78.9 Å². The summed E-state index contributed by atoms with van der Waals surface area (Å²) < 4.78 is 17.0. The van der Waals surface area contributed by atoms with Gasteiger partial charge in [-0.3, -0.25) is 14.4 Å². The summed E-state index contributed by atoms with van der Waals surface area (Å²) in [5, 5.41) is 0. The van der Waals surface area contributed by atoms with Gasteiger partial charge in [-0.25, -0.2) is 0 Å². The summed E-state index contributed by atoms with van der Waals surface area (Å²) in [6.07, 6.45) is 98.8. The summed E-state index contributed by atoms with van der Waals surface area (Å²) >= 11 is 0. The smallest absolute Gasteiger partial charge is 0.306 e. The fourth-order valence-electron chi connectivity index (χ4n) is 9.49. The molecule has 0 aliphatic heterocycles. The number of rotatable bonds is 62. The van der Waals surface area contributed by atoms with Crippen LogP contribution in [0.15, 0.2) is 134 Å². The normalized spacial score (nSPS) is 13.0. The molecule has 0 aromatic rings. The summed E-state index contributed by atoms with van der Waals surface area (Å²) in [4.78, 5) is 38.5. The van der Waals surface area contributed by atoms with Gasteiger partial charge < -0.3 is 14.2 Å². The number of hydrogen-bond acceptors (Lipinski definition) is 6. The Kier molecular flexibility index (Phi) is 66.3. The zero-order valence-electron chi connectivity index (χ0n) is 54.2. The first-order valence-electron chi connectivity index (χ1n) is 34.7. The van der Waals surface area contributed by atoms with Crippen molar-refractivity contribution in [2.24, 2.45) is 0 Å². The number of allylic oxidation sites excluding steroid dienone is 22. The third-order valence-corrected chi connectivity index (χ3v) is 14.6. The summed E-state index contributed by atoms with van der Waals surface area (Å²) in [5.74, 6) is -0.908. The SMILES string of the molecule is CC/C=C\C/C=C\C/C=C\C/C=C\CCCCCCCCCCCCC(=O)OCC(COC(=O)CCCCCCCC/C=C\C/C=C\C/C=C\C/C=C\CC)OC(=O)CCCCCCCCCC/C=C\C/C=C\C/C=C\CCCCCCC. The van der Waals surface area contributed by atoms with Gasteiger partial charge in [-0.1, -0.05) is 296 Å². The lowest BCUT2D eigenvalue weighted by Gasteiger charge is -2.18. The molecule has 0 rings (SSSR count). The second-order valence-corrected chi connectivity index (χ2v) is 22.7. The number of carbonyl (C=O) groups is 3. The number of hydrogen-bond donors (Lipinski definition) is 0. The van der Waals surface area contributed by atoms with Crippen LogP contribution in [0.5, 0.6) is 0 Å². The van der Waals surface area contributed by atoms with E-state index in [1.54, 1.807) is 0 Å². The van der Waals surface area contributed by atoms with Crippen molar-refractivity contribution >= 4 is 17.9 Å². The van der Waals surface area contributed by atoms with E-state index in [-0.39, 0.29) is 31.1 Å². The van der Waals surface area contributed by atoms with Crippen LogP contribution in [0, 0.1) is 0 Å². The minimum atomic E-state index is -0.798. The first-order chi connectivity index (χ1) is 41.0. The molecular formula is C77H128O6. The number of esters is 3. The molecule has 0 aliphatic rings. The van der Waals surface area contributed by atoms with Crippen molar-refractivity contribution in [3.8, 4) is 0 Å². The number of unbranched alkanes of at least 4 members (excludes halogenated alkanes) is 29. The Morgan fingerprint density at radius 3 is 0.735 bits per heavy atom. The number of ether oxygens (including phenoxy) is 3. The van der Waals surface area contributed by atoms with E-state index in [0.717, 1.165) is 141 Å². The Balaban J connectivity index is 4.44. The van der Waals surface area contributed by atoms with E-state index in [4.69, 9.17) is 14.2 Å². The van der Waals surface area contributed by atoms with E-state index in [0.29, 0.717) is 19.3 Å². The maximum absolute atomic E-state index is 13.0. The molecule has 0 heterocycles. The largest absolute Gasteiger partial charge is 0.462 e. The fraction of sp³-hybridized carbons (Fsp3) is 0.675. The maximum Gasteiger partial charge on any atom is 0.306 e. The minimum absolute atomic E-state index is 0.0910. The van der Waals surface area contributed by atoms with Crippen molar-refractivity contribution in [3.05, 3.63) is 134 Å². The summed E-state index contributed by atoms with van der Waals surface area (Å²) in [6, 6.07) is 0. The lowest BCUT2D eigenvalue weighted by molar-refractivity contribution is -0.167. The molecule has 1 atom stereocenters. The minimum Gasteiger partial charge on any atom is -0.462 e. The molecule has 0 radical (unpaired) electrons. The summed E-state index contributed by atoms with van der Waals surface area (Å²) in [6.45, 7) is 6.41. The van der Waals surface area contributed by atoms with Gasteiger partial charge in [-0.2, -0.15) is 0 Å². The molecule has 0 saturated carbocycles. The van der Waals surface area contributed by atoms with Crippen LogP contribution in [-0.4, -0.2) is 37.2 Å². The molecule has 0 spiro atoms. The van der Waals surface area contributed by atoms with Crippen LogP contribution in [0.25, 0.3) is 0 Å². The molecule has 0 aromatic heterocycles. The van der Waals surface area contributed by atoms with E-state index < -0.39 is 6.10 Å². The molecule has 0 fully saturated rings. The highest BCUT2D eigenvalue weighted by Gasteiger charge is 2.19. The van der Waals surface area contributed by atoms with Crippen molar-refractivity contribution in [2.45, 2.75) is 322 Å². The predicted octanol–water partition coefficient (Wildman–Crippen LogP) is 24.1. The Labute approximate surface area is 513 Å². The van der Waals surface area contributed by atoms with Crippen LogP contribution in [0.4, 0.5) is 0 Å². The van der Waals surface area contributed by atoms with Crippen molar-refractivity contribution in [1.29, 1.82) is 0 Å². The van der Waals surface area contributed by atoms with Crippen molar-refractivity contribution in [2.75, 3.05) is 13.2 Å². The van der Waals surface area contributed by atoms with Crippen molar-refractivity contribution < 1.29 is 28.6 Å². The van der Waals surface area contributed by atoms with Crippen LogP contribution in [-0.2, 0) is 28.6 Å². The maximum atomic E-state index is 13.0. The zero-order valence-corrected chi connectivity index (χ0v) is 54.2. The van der Waals surface area contributed by atoms with Gasteiger partial charge in [-0.15, -0.1) is 0 Å². The van der Waals surface area contributed by atoms with Crippen LogP contribution in [0.3, 0.4) is 0 Å². The highest BCUT2D eigenvalue weighted by atomic mass is 16.6. The Morgan fingerprint density at radius 1 is 0.253 bits per heavy atom. The monoisotopic (exact) mass is 1150 g/mol. The van der Waals surface area contributed by atoms with Crippen LogP contribution < -0.4 is 0 Å². The summed E-state index contributed by atoms with van der Waals surface area (Å²) in [7, 11) is 0. The van der Waals surface area contributed by atoms with Gasteiger partial charge in [0.1, 0.15) is 13.2 Å². The van der Waals surface area contributed by atoms with Gasteiger partial charge in [0.2, 0.25) is 0 Å². The molecule has 0 aliphatic carbocycles. The second-order valence-electron chi connectivity index (χ2n) is 22.7. The average molecular weight is 1150 g/mol. The second kappa shape index (κ2) is 70.0.